The lowest BCUT2D eigenvalue weighted by Crippen LogP contribution is -1.96. The zero-order valence-electron chi connectivity index (χ0n) is 17.4. The maximum absolute atomic E-state index is 5.05. The van der Waals surface area contributed by atoms with Crippen LogP contribution in [0.2, 0.25) is 0 Å². The monoisotopic (exact) mass is 398 g/mol. The topological polar surface area (TPSA) is 25.8 Å². The molecule has 2 heterocycles. The van der Waals surface area contributed by atoms with E-state index in [-0.39, 0.29) is 0 Å². The van der Waals surface area contributed by atoms with Gasteiger partial charge in [0.2, 0.25) is 0 Å². The summed E-state index contributed by atoms with van der Waals surface area (Å²) in [5.74, 6) is 0. The molecular formula is C29H22N2. The third-order valence-electron chi connectivity index (χ3n) is 5.52. The molecule has 0 radical (unpaired) electrons. The number of hydrogen-bond acceptors (Lipinski definition) is 2. The molecule has 0 aliphatic carbocycles. The molecule has 5 rings (SSSR count). The van der Waals surface area contributed by atoms with E-state index in [0.717, 1.165) is 28.2 Å². The average Bonchev–Trinajstić information content (AvgIpc) is 2.85. The third-order valence-corrected chi connectivity index (χ3v) is 5.52. The molecule has 2 nitrogen and oxygen atoms in total. The minimum absolute atomic E-state index is 0.943. The van der Waals surface area contributed by atoms with Crippen molar-refractivity contribution in [3.8, 4) is 44.8 Å². The van der Waals surface area contributed by atoms with Crippen LogP contribution in [0.3, 0.4) is 0 Å². The molecule has 0 saturated carbocycles. The SMILES string of the molecule is Cc1nc(-c2c(-c3ccccc3)cccc2-c2ccccc2)ccc1-c1ccccn1. The minimum Gasteiger partial charge on any atom is -0.256 e. The highest BCUT2D eigenvalue weighted by Gasteiger charge is 2.16. The third kappa shape index (κ3) is 3.76. The quantitative estimate of drug-likeness (QED) is 0.314. The fraction of sp³-hybridized carbons (Fsp3) is 0.0345. The summed E-state index contributed by atoms with van der Waals surface area (Å²) in [5.41, 5.74) is 9.82. The first-order chi connectivity index (χ1) is 15.3. The predicted octanol–water partition coefficient (Wildman–Crippen LogP) is 7.45. The first-order valence-corrected chi connectivity index (χ1v) is 10.4. The normalized spacial score (nSPS) is 10.7. The maximum atomic E-state index is 5.05. The van der Waals surface area contributed by atoms with Crippen LogP contribution < -0.4 is 0 Å². The molecule has 0 aliphatic heterocycles. The second kappa shape index (κ2) is 8.37. The van der Waals surface area contributed by atoms with E-state index in [1.807, 2.05) is 36.5 Å². The van der Waals surface area contributed by atoms with Crippen LogP contribution >= 0.6 is 0 Å². The molecule has 0 saturated heterocycles. The summed E-state index contributed by atoms with van der Waals surface area (Å²) >= 11 is 0. The highest BCUT2D eigenvalue weighted by atomic mass is 14.7. The molecule has 148 valence electrons. The van der Waals surface area contributed by atoms with E-state index >= 15 is 0 Å². The van der Waals surface area contributed by atoms with E-state index in [9.17, 15) is 0 Å². The van der Waals surface area contributed by atoms with Gasteiger partial charge in [0.15, 0.2) is 0 Å². The van der Waals surface area contributed by atoms with Gasteiger partial charge in [-0.15, -0.1) is 0 Å². The van der Waals surface area contributed by atoms with Crippen LogP contribution in [0.25, 0.3) is 44.8 Å². The predicted molar refractivity (Wildman–Crippen MR) is 129 cm³/mol. The first kappa shape index (κ1) is 19.0. The molecule has 2 aromatic heterocycles. The number of pyridine rings is 2. The van der Waals surface area contributed by atoms with Gasteiger partial charge in [-0.3, -0.25) is 9.97 Å². The Morgan fingerprint density at radius 3 is 1.65 bits per heavy atom. The summed E-state index contributed by atoms with van der Waals surface area (Å²) < 4.78 is 0. The molecule has 0 aliphatic rings. The van der Waals surface area contributed by atoms with E-state index in [0.29, 0.717) is 0 Å². The van der Waals surface area contributed by atoms with Crippen molar-refractivity contribution in [1.29, 1.82) is 0 Å². The number of benzene rings is 3. The minimum atomic E-state index is 0.943. The molecule has 0 bridgehead atoms. The largest absolute Gasteiger partial charge is 0.256 e. The van der Waals surface area contributed by atoms with Crippen molar-refractivity contribution in [2.45, 2.75) is 6.92 Å². The molecule has 0 amide bonds. The molecule has 0 unspecified atom stereocenters. The van der Waals surface area contributed by atoms with Crippen LogP contribution in [0.5, 0.6) is 0 Å². The van der Waals surface area contributed by atoms with Gasteiger partial charge >= 0.3 is 0 Å². The zero-order chi connectivity index (χ0) is 21.0. The van der Waals surface area contributed by atoms with Gasteiger partial charge in [-0.05, 0) is 53.4 Å². The van der Waals surface area contributed by atoms with Crippen molar-refractivity contribution in [2.75, 3.05) is 0 Å². The molecule has 0 atom stereocenters. The van der Waals surface area contributed by atoms with Crippen molar-refractivity contribution >= 4 is 0 Å². The van der Waals surface area contributed by atoms with E-state index in [1.165, 1.54) is 22.3 Å². The Balaban J connectivity index is 1.73. The van der Waals surface area contributed by atoms with Gasteiger partial charge < -0.3 is 0 Å². The summed E-state index contributed by atoms with van der Waals surface area (Å²) in [7, 11) is 0. The number of aromatic nitrogens is 2. The number of nitrogens with zero attached hydrogens (tertiary/aromatic N) is 2. The summed E-state index contributed by atoms with van der Waals surface area (Å²) in [6, 6.07) is 37.8. The van der Waals surface area contributed by atoms with Gasteiger partial charge in [-0.1, -0.05) is 84.9 Å². The van der Waals surface area contributed by atoms with Crippen molar-refractivity contribution < 1.29 is 0 Å². The fourth-order valence-corrected chi connectivity index (χ4v) is 4.04. The highest BCUT2D eigenvalue weighted by Crippen LogP contribution is 2.39. The zero-order valence-corrected chi connectivity index (χ0v) is 17.4. The summed E-state index contributed by atoms with van der Waals surface area (Å²) in [5, 5.41) is 0. The summed E-state index contributed by atoms with van der Waals surface area (Å²) in [6.45, 7) is 2.06. The lowest BCUT2D eigenvalue weighted by atomic mass is 9.89. The van der Waals surface area contributed by atoms with Crippen LogP contribution in [0.15, 0.2) is 115 Å². The number of rotatable bonds is 4. The van der Waals surface area contributed by atoms with Gasteiger partial charge in [0.25, 0.3) is 0 Å². The molecule has 2 heteroatoms. The molecule has 3 aromatic carbocycles. The molecule has 0 spiro atoms. The lowest BCUT2D eigenvalue weighted by Gasteiger charge is -2.17. The highest BCUT2D eigenvalue weighted by molar-refractivity contribution is 5.93. The molecule has 0 N–H and O–H groups in total. The van der Waals surface area contributed by atoms with Crippen LogP contribution in [0, 0.1) is 6.92 Å². The fourth-order valence-electron chi connectivity index (χ4n) is 4.04. The standard InChI is InChI=1S/C29H22N2/c1-21-24(27-17-8-9-20-30-27)18-19-28(31-21)29-25(22-11-4-2-5-12-22)15-10-16-26(29)23-13-6-3-7-14-23/h2-20H,1H3. The average molecular weight is 399 g/mol. The van der Waals surface area contributed by atoms with Crippen molar-refractivity contribution in [2.24, 2.45) is 0 Å². The summed E-state index contributed by atoms with van der Waals surface area (Å²) in [4.78, 5) is 9.55. The van der Waals surface area contributed by atoms with E-state index in [2.05, 4.69) is 90.8 Å². The van der Waals surface area contributed by atoms with Gasteiger partial charge in [-0.2, -0.15) is 0 Å². The Morgan fingerprint density at radius 1 is 0.484 bits per heavy atom. The van der Waals surface area contributed by atoms with E-state index < -0.39 is 0 Å². The van der Waals surface area contributed by atoms with Crippen molar-refractivity contribution in [3.05, 3.63) is 121 Å². The smallest absolute Gasteiger partial charge is 0.0720 e. The second-order valence-corrected chi connectivity index (χ2v) is 7.50. The molecule has 5 aromatic rings. The lowest BCUT2D eigenvalue weighted by molar-refractivity contribution is 1.19. The Morgan fingerprint density at radius 2 is 1.10 bits per heavy atom. The van der Waals surface area contributed by atoms with Crippen LogP contribution in [-0.2, 0) is 0 Å². The van der Waals surface area contributed by atoms with E-state index in [4.69, 9.17) is 4.98 Å². The molecule has 0 fully saturated rings. The van der Waals surface area contributed by atoms with Crippen molar-refractivity contribution in [3.63, 3.8) is 0 Å². The maximum Gasteiger partial charge on any atom is 0.0720 e. The Labute approximate surface area is 182 Å². The summed E-state index contributed by atoms with van der Waals surface area (Å²) in [6.07, 6.45) is 1.82. The van der Waals surface area contributed by atoms with Gasteiger partial charge in [0, 0.05) is 23.0 Å². The number of aryl methyl sites for hydroxylation is 1. The Kier molecular flexibility index (Phi) is 5.12. The van der Waals surface area contributed by atoms with Gasteiger partial charge in [-0.25, -0.2) is 0 Å². The second-order valence-electron chi connectivity index (χ2n) is 7.50. The van der Waals surface area contributed by atoms with Crippen LogP contribution in [0.1, 0.15) is 5.69 Å². The van der Waals surface area contributed by atoms with Gasteiger partial charge in [0.1, 0.15) is 0 Å². The Bertz CT molecular complexity index is 1250. The van der Waals surface area contributed by atoms with E-state index in [1.54, 1.807) is 0 Å². The van der Waals surface area contributed by atoms with Crippen molar-refractivity contribution in [1.82, 2.24) is 9.97 Å². The molecule has 31 heavy (non-hydrogen) atoms. The Hall–Kier alpha value is -4.04. The van der Waals surface area contributed by atoms with Crippen LogP contribution in [0.4, 0.5) is 0 Å². The van der Waals surface area contributed by atoms with Gasteiger partial charge in [0.05, 0.1) is 11.4 Å². The van der Waals surface area contributed by atoms with Crippen LogP contribution in [-0.4, -0.2) is 9.97 Å². The number of hydrogen-bond donors (Lipinski definition) is 0. The first-order valence-electron chi connectivity index (χ1n) is 10.4. The molecular weight excluding hydrogens is 376 g/mol.